The van der Waals surface area contributed by atoms with Crippen LogP contribution >= 0.6 is 0 Å². The third kappa shape index (κ3) is 7.60. The summed E-state index contributed by atoms with van der Waals surface area (Å²) < 4.78 is 64.5. The Labute approximate surface area is 169 Å². The molecule has 1 aliphatic rings. The minimum absolute atomic E-state index is 0.404. The number of carbonyl (C=O) groups excluding carboxylic acids is 1. The van der Waals surface area contributed by atoms with Gasteiger partial charge < -0.3 is 10.2 Å². The van der Waals surface area contributed by atoms with Gasteiger partial charge in [0, 0.05) is 12.6 Å². The first-order chi connectivity index (χ1) is 13.6. The number of hydrogen-bond acceptors (Lipinski definition) is 4. The largest absolute Gasteiger partial charge is 0.416 e. The number of alkyl halides is 3. The monoisotopic (exact) mass is 435 g/mol. The van der Waals surface area contributed by atoms with Crippen molar-refractivity contribution in [2.24, 2.45) is 0 Å². The van der Waals surface area contributed by atoms with Gasteiger partial charge in [0.05, 0.1) is 17.0 Å². The SMILES string of the molecule is CN(CCCNC(=O)CNS(=O)(=O)c1cccc(C(F)(F)F)c1)C1CCCCC1. The summed E-state index contributed by atoms with van der Waals surface area (Å²) in [5.41, 5.74) is -1.06. The molecular formula is C19H28F3N3O3S. The van der Waals surface area contributed by atoms with E-state index in [1.807, 2.05) is 4.72 Å². The van der Waals surface area contributed by atoms with Gasteiger partial charge in [0.2, 0.25) is 15.9 Å². The molecule has 10 heteroatoms. The van der Waals surface area contributed by atoms with Gasteiger partial charge in [0.25, 0.3) is 0 Å². The summed E-state index contributed by atoms with van der Waals surface area (Å²) in [4.78, 5) is 13.6. The highest BCUT2D eigenvalue weighted by atomic mass is 32.2. The van der Waals surface area contributed by atoms with Crippen LogP contribution in [0.4, 0.5) is 13.2 Å². The van der Waals surface area contributed by atoms with E-state index in [4.69, 9.17) is 0 Å². The van der Waals surface area contributed by atoms with Crippen molar-refractivity contribution < 1.29 is 26.4 Å². The van der Waals surface area contributed by atoms with Gasteiger partial charge >= 0.3 is 6.18 Å². The second-order valence-corrected chi connectivity index (χ2v) is 9.09. The topological polar surface area (TPSA) is 78.5 Å². The van der Waals surface area contributed by atoms with Crippen molar-refractivity contribution in [1.29, 1.82) is 0 Å². The number of rotatable bonds is 9. The molecule has 0 aliphatic heterocycles. The van der Waals surface area contributed by atoms with Crippen LogP contribution in [-0.2, 0) is 21.0 Å². The fraction of sp³-hybridized carbons (Fsp3) is 0.632. The number of sulfonamides is 1. The molecule has 0 unspecified atom stereocenters. The lowest BCUT2D eigenvalue weighted by Crippen LogP contribution is -2.39. The van der Waals surface area contributed by atoms with E-state index in [0.29, 0.717) is 18.7 Å². The van der Waals surface area contributed by atoms with Crippen molar-refractivity contribution in [2.45, 2.75) is 55.6 Å². The fourth-order valence-corrected chi connectivity index (χ4v) is 4.43. The normalized spacial score (nSPS) is 16.2. The molecule has 29 heavy (non-hydrogen) atoms. The Balaban J connectivity index is 1.74. The van der Waals surface area contributed by atoms with Crippen LogP contribution in [0.15, 0.2) is 29.2 Å². The highest BCUT2D eigenvalue weighted by Gasteiger charge is 2.31. The Hall–Kier alpha value is -1.65. The van der Waals surface area contributed by atoms with E-state index in [2.05, 4.69) is 17.3 Å². The third-order valence-electron chi connectivity index (χ3n) is 5.10. The summed E-state index contributed by atoms with van der Waals surface area (Å²) in [6.45, 7) is 0.707. The number of carbonyl (C=O) groups is 1. The van der Waals surface area contributed by atoms with Gasteiger partial charge in [-0.25, -0.2) is 13.1 Å². The predicted octanol–water partition coefficient (Wildman–Crippen LogP) is 2.75. The second-order valence-electron chi connectivity index (χ2n) is 7.33. The average Bonchev–Trinajstić information content (AvgIpc) is 2.69. The molecule has 2 N–H and O–H groups in total. The maximum Gasteiger partial charge on any atom is 0.416 e. The lowest BCUT2D eigenvalue weighted by Gasteiger charge is -2.31. The quantitative estimate of drug-likeness (QED) is 0.585. The van der Waals surface area contributed by atoms with E-state index in [1.54, 1.807) is 0 Å². The van der Waals surface area contributed by atoms with Gasteiger partial charge in [-0.3, -0.25) is 4.79 Å². The number of amides is 1. The molecule has 0 bridgehead atoms. The summed E-state index contributed by atoms with van der Waals surface area (Å²) in [6.07, 6.45) is 2.26. The minimum atomic E-state index is -4.65. The predicted molar refractivity (Wildman–Crippen MR) is 104 cm³/mol. The zero-order valence-electron chi connectivity index (χ0n) is 16.5. The molecule has 0 atom stereocenters. The lowest BCUT2D eigenvalue weighted by molar-refractivity contribution is -0.137. The van der Waals surface area contributed by atoms with Crippen molar-refractivity contribution in [3.8, 4) is 0 Å². The van der Waals surface area contributed by atoms with Crippen LogP contribution in [0.5, 0.6) is 0 Å². The molecule has 0 spiro atoms. The average molecular weight is 436 g/mol. The minimum Gasteiger partial charge on any atom is -0.355 e. The Bertz CT molecular complexity index is 778. The van der Waals surface area contributed by atoms with E-state index in [9.17, 15) is 26.4 Å². The number of halogens is 3. The summed E-state index contributed by atoms with van der Waals surface area (Å²) in [5.74, 6) is -0.527. The third-order valence-corrected chi connectivity index (χ3v) is 6.50. The molecular weight excluding hydrogens is 407 g/mol. The van der Waals surface area contributed by atoms with E-state index in [0.717, 1.165) is 31.2 Å². The summed E-state index contributed by atoms with van der Waals surface area (Å²) in [6, 6.07) is 3.98. The van der Waals surface area contributed by atoms with Crippen LogP contribution in [-0.4, -0.2) is 51.9 Å². The molecule has 1 amide bonds. The number of hydrogen-bond donors (Lipinski definition) is 2. The summed E-state index contributed by atoms with van der Waals surface area (Å²) in [7, 11) is -2.15. The van der Waals surface area contributed by atoms with Gasteiger partial charge in [-0.15, -0.1) is 0 Å². The lowest BCUT2D eigenvalue weighted by atomic mass is 9.94. The smallest absolute Gasteiger partial charge is 0.355 e. The Morgan fingerprint density at radius 3 is 2.55 bits per heavy atom. The zero-order valence-corrected chi connectivity index (χ0v) is 17.3. The molecule has 164 valence electrons. The van der Waals surface area contributed by atoms with Gasteiger partial charge in [-0.05, 0) is 51.1 Å². The maximum absolute atomic E-state index is 12.7. The molecule has 0 aromatic heterocycles. The van der Waals surface area contributed by atoms with E-state index in [1.165, 1.54) is 32.1 Å². The van der Waals surface area contributed by atoms with Gasteiger partial charge in [0.1, 0.15) is 0 Å². The van der Waals surface area contributed by atoms with E-state index in [-0.39, 0.29) is 0 Å². The first kappa shape index (κ1) is 23.6. The number of benzene rings is 1. The van der Waals surface area contributed by atoms with Crippen LogP contribution in [0.2, 0.25) is 0 Å². The first-order valence-electron chi connectivity index (χ1n) is 9.73. The van der Waals surface area contributed by atoms with Crippen LogP contribution in [0.1, 0.15) is 44.1 Å². The van der Waals surface area contributed by atoms with Crippen LogP contribution in [0.3, 0.4) is 0 Å². The molecule has 1 saturated carbocycles. The standard InChI is InChI=1S/C19H28F3N3O3S/c1-25(16-8-3-2-4-9-16)12-6-11-23-18(26)14-24-29(27,28)17-10-5-7-15(13-17)19(20,21)22/h5,7,10,13,16,24H,2-4,6,8-9,11-12,14H2,1H3,(H,23,26). The van der Waals surface area contributed by atoms with Crippen molar-refractivity contribution >= 4 is 15.9 Å². The Morgan fingerprint density at radius 2 is 1.90 bits per heavy atom. The Kier molecular flexibility index (Phi) is 8.47. The molecule has 1 aromatic rings. The van der Waals surface area contributed by atoms with Crippen LogP contribution in [0.25, 0.3) is 0 Å². The van der Waals surface area contributed by atoms with Crippen LogP contribution in [0, 0.1) is 0 Å². The molecule has 1 fully saturated rings. The Morgan fingerprint density at radius 1 is 1.21 bits per heavy atom. The highest BCUT2D eigenvalue weighted by molar-refractivity contribution is 7.89. The van der Waals surface area contributed by atoms with Crippen LogP contribution < -0.4 is 10.0 Å². The van der Waals surface area contributed by atoms with Gasteiger partial charge in [0.15, 0.2) is 0 Å². The van der Waals surface area contributed by atoms with E-state index < -0.39 is 39.1 Å². The van der Waals surface area contributed by atoms with Gasteiger partial charge in [-0.2, -0.15) is 13.2 Å². The van der Waals surface area contributed by atoms with Crippen molar-refractivity contribution in [1.82, 2.24) is 14.9 Å². The van der Waals surface area contributed by atoms with E-state index >= 15 is 0 Å². The molecule has 0 heterocycles. The highest BCUT2D eigenvalue weighted by Crippen LogP contribution is 2.30. The van der Waals surface area contributed by atoms with Crippen molar-refractivity contribution in [3.05, 3.63) is 29.8 Å². The van der Waals surface area contributed by atoms with Crippen molar-refractivity contribution in [2.75, 3.05) is 26.7 Å². The first-order valence-corrected chi connectivity index (χ1v) is 11.2. The van der Waals surface area contributed by atoms with Crippen molar-refractivity contribution in [3.63, 3.8) is 0 Å². The fourth-order valence-electron chi connectivity index (χ4n) is 3.41. The maximum atomic E-state index is 12.7. The summed E-state index contributed by atoms with van der Waals surface area (Å²) >= 11 is 0. The molecule has 0 radical (unpaired) electrons. The van der Waals surface area contributed by atoms with Gasteiger partial charge in [-0.1, -0.05) is 25.3 Å². The number of nitrogens with zero attached hydrogens (tertiary/aromatic N) is 1. The molecule has 2 rings (SSSR count). The summed E-state index contributed by atoms with van der Waals surface area (Å²) in [5, 5.41) is 2.63. The number of nitrogens with one attached hydrogen (secondary N) is 2. The molecule has 1 aliphatic carbocycles. The molecule has 0 saturated heterocycles. The second kappa shape index (κ2) is 10.4. The zero-order chi connectivity index (χ0) is 21.5. The molecule has 1 aromatic carbocycles. The molecule has 6 nitrogen and oxygen atoms in total.